The third-order valence-corrected chi connectivity index (χ3v) is 5.27. The molecule has 0 bridgehead atoms. The first-order chi connectivity index (χ1) is 14.1. The number of fused-ring (bicyclic) bond motifs is 1. The van der Waals surface area contributed by atoms with Crippen molar-refractivity contribution < 1.29 is 9.15 Å². The van der Waals surface area contributed by atoms with Crippen LogP contribution < -0.4 is 16.0 Å². The Balaban J connectivity index is 1.77. The number of allylic oxidation sites excluding steroid dienone is 1. The molecule has 1 aliphatic heterocycles. The summed E-state index contributed by atoms with van der Waals surface area (Å²) < 4.78 is 12.7. The minimum Gasteiger partial charge on any atom is -0.467 e. The molecule has 0 aliphatic carbocycles. The predicted molar refractivity (Wildman–Crippen MR) is 108 cm³/mol. The number of aromatic nitrogens is 1. The van der Waals surface area contributed by atoms with Crippen LogP contribution in [-0.2, 0) is 13.0 Å². The minimum atomic E-state index is -0.417. The van der Waals surface area contributed by atoms with Crippen LogP contribution in [0, 0.1) is 18.3 Å². The van der Waals surface area contributed by atoms with Crippen LogP contribution in [0.3, 0.4) is 0 Å². The third-order valence-electron chi connectivity index (χ3n) is 5.27. The van der Waals surface area contributed by atoms with Crippen LogP contribution in [0.25, 0.3) is 0 Å². The molecule has 29 heavy (non-hydrogen) atoms. The zero-order chi connectivity index (χ0) is 20.4. The Kier molecular flexibility index (Phi) is 4.96. The first-order valence-electron chi connectivity index (χ1n) is 9.46. The van der Waals surface area contributed by atoms with E-state index in [2.05, 4.69) is 6.07 Å². The van der Waals surface area contributed by atoms with Crippen LogP contribution in [0.4, 0.5) is 0 Å². The Morgan fingerprint density at radius 2 is 2.00 bits per heavy atom. The van der Waals surface area contributed by atoms with E-state index in [9.17, 15) is 10.1 Å². The lowest BCUT2D eigenvalue weighted by molar-refractivity contribution is 0.379. The smallest absolute Gasteiger partial charge is 0.258 e. The minimum absolute atomic E-state index is 0.0700. The van der Waals surface area contributed by atoms with Crippen LogP contribution in [0.2, 0.25) is 0 Å². The molecule has 2 aromatic heterocycles. The highest BCUT2D eigenvalue weighted by Crippen LogP contribution is 2.39. The summed E-state index contributed by atoms with van der Waals surface area (Å²) >= 11 is 0. The fraction of sp³-hybridized carbons (Fsp3) is 0.217. The van der Waals surface area contributed by atoms with Gasteiger partial charge in [-0.25, -0.2) is 0 Å². The largest absolute Gasteiger partial charge is 0.467 e. The van der Waals surface area contributed by atoms with Gasteiger partial charge in [-0.3, -0.25) is 4.79 Å². The first-order valence-corrected chi connectivity index (χ1v) is 9.46. The van der Waals surface area contributed by atoms with Gasteiger partial charge in [0.05, 0.1) is 23.9 Å². The van der Waals surface area contributed by atoms with E-state index in [1.165, 1.54) is 0 Å². The van der Waals surface area contributed by atoms with Crippen molar-refractivity contribution in [3.63, 3.8) is 0 Å². The fourth-order valence-electron chi connectivity index (χ4n) is 3.78. The Hall–Kier alpha value is -3.72. The SMILES string of the molecule is Cc1cc2c(c(=O)n1Cc1ccco1)C(CCc1ccccc1)C(C#N)=C(N)O2. The van der Waals surface area contributed by atoms with E-state index in [1.807, 2.05) is 43.3 Å². The molecule has 1 aromatic carbocycles. The maximum atomic E-state index is 13.4. The van der Waals surface area contributed by atoms with Crippen LogP contribution in [0.15, 0.2) is 75.5 Å². The number of hydrogen-bond acceptors (Lipinski definition) is 5. The highest BCUT2D eigenvalue weighted by atomic mass is 16.5. The van der Waals surface area contributed by atoms with E-state index in [0.29, 0.717) is 35.6 Å². The lowest BCUT2D eigenvalue weighted by atomic mass is 9.85. The second kappa shape index (κ2) is 7.72. The van der Waals surface area contributed by atoms with Gasteiger partial charge in [-0.1, -0.05) is 30.3 Å². The molecule has 0 radical (unpaired) electrons. The second-order valence-corrected chi connectivity index (χ2v) is 7.10. The summed E-state index contributed by atoms with van der Waals surface area (Å²) in [4.78, 5) is 13.4. The van der Waals surface area contributed by atoms with Crippen molar-refractivity contribution in [1.29, 1.82) is 5.26 Å². The highest BCUT2D eigenvalue weighted by Gasteiger charge is 2.33. The molecule has 0 amide bonds. The maximum Gasteiger partial charge on any atom is 0.258 e. The second-order valence-electron chi connectivity index (χ2n) is 7.10. The topological polar surface area (TPSA) is 94.2 Å². The first kappa shape index (κ1) is 18.6. The van der Waals surface area contributed by atoms with Crippen molar-refractivity contribution in [3.8, 4) is 11.8 Å². The van der Waals surface area contributed by atoms with Crippen molar-refractivity contribution in [2.24, 2.45) is 5.73 Å². The lowest BCUT2D eigenvalue weighted by Gasteiger charge is -2.27. The zero-order valence-electron chi connectivity index (χ0n) is 16.1. The van der Waals surface area contributed by atoms with Gasteiger partial charge in [0.2, 0.25) is 5.88 Å². The fourth-order valence-corrected chi connectivity index (χ4v) is 3.78. The number of rotatable bonds is 5. The molecule has 4 rings (SSSR count). The van der Waals surface area contributed by atoms with Crippen molar-refractivity contribution >= 4 is 0 Å². The van der Waals surface area contributed by atoms with Crippen molar-refractivity contribution in [3.05, 3.63) is 99.2 Å². The van der Waals surface area contributed by atoms with Crippen LogP contribution in [0.5, 0.6) is 5.75 Å². The van der Waals surface area contributed by atoms with Gasteiger partial charge in [0.15, 0.2) is 0 Å². The Bertz CT molecular complexity index is 1150. The number of hydrogen-bond donors (Lipinski definition) is 1. The Morgan fingerprint density at radius 1 is 1.21 bits per heavy atom. The molecular formula is C23H21N3O3. The third kappa shape index (κ3) is 3.55. The molecule has 6 nitrogen and oxygen atoms in total. The van der Waals surface area contributed by atoms with Crippen molar-refractivity contribution in [1.82, 2.24) is 4.57 Å². The number of benzene rings is 1. The average Bonchev–Trinajstić information content (AvgIpc) is 3.23. The Labute approximate surface area is 168 Å². The standard InChI is InChI=1S/C23H21N3O3/c1-15-12-20-21(23(27)26(15)14-17-8-5-11-28-17)18(19(13-24)22(25)29-20)10-9-16-6-3-2-4-7-16/h2-8,11-12,18H,9-10,14,25H2,1H3. The summed E-state index contributed by atoms with van der Waals surface area (Å²) in [6, 6.07) is 17.5. The maximum absolute atomic E-state index is 13.4. The van der Waals surface area contributed by atoms with Gasteiger partial charge in [-0.15, -0.1) is 0 Å². The molecule has 0 fully saturated rings. The van der Waals surface area contributed by atoms with Gasteiger partial charge >= 0.3 is 0 Å². The molecule has 1 atom stereocenters. The Morgan fingerprint density at radius 3 is 2.69 bits per heavy atom. The van der Waals surface area contributed by atoms with Crippen LogP contribution in [-0.4, -0.2) is 4.57 Å². The summed E-state index contributed by atoms with van der Waals surface area (Å²) in [6.45, 7) is 2.16. The van der Waals surface area contributed by atoms with Gasteiger partial charge in [0.1, 0.15) is 17.6 Å². The number of nitrogens with two attached hydrogens (primary N) is 1. The summed E-state index contributed by atoms with van der Waals surface area (Å²) in [5.74, 6) is 0.765. The molecule has 0 saturated heterocycles. The molecule has 2 N–H and O–H groups in total. The van der Waals surface area contributed by atoms with Gasteiger partial charge in [-0.2, -0.15) is 5.26 Å². The highest BCUT2D eigenvalue weighted by molar-refractivity contribution is 5.49. The van der Waals surface area contributed by atoms with Gasteiger partial charge < -0.3 is 19.5 Å². The lowest BCUT2D eigenvalue weighted by Crippen LogP contribution is -2.32. The van der Waals surface area contributed by atoms with Crippen molar-refractivity contribution in [2.75, 3.05) is 0 Å². The number of pyridine rings is 1. The van der Waals surface area contributed by atoms with Gasteiger partial charge in [-0.05, 0) is 37.5 Å². The summed E-state index contributed by atoms with van der Waals surface area (Å²) in [6.07, 6.45) is 2.88. The number of nitriles is 1. The number of nitrogens with zero attached hydrogens (tertiary/aromatic N) is 2. The molecule has 146 valence electrons. The van der Waals surface area contributed by atoms with E-state index >= 15 is 0 Å². The number of furan rings is 1. The van der Waals surface area contributed by atoms with Crippen LogP contribution >= 0.6 is 0 Å². The summed E-state index contributed by atoms with van der Waals surface area (Å²) in [5, 5.41) is 9.69. The summed E-state index contributed by atoms with van der Waals surface area (Å²) in [5.41, 5.74) is 8.49. The van der Waals surface area contributed by atoms with Crippen molar-refractivity contribution in [2.45, 2.75) is 32.2 Å². The number of aryl methyl sites for hydroxylation is 2. The van der Waals surface area contributed by atoms with Gasteiger partial charge in [0.25, 0.3) is 5.56 Å². The monoisotopic (exact) mass is 387 g/mol. The normalized spacial score (nSPS) is 15.5. The average molecular weight is 387 g/mol. The molecule has 3 heterocycles. The molecule has 3 aromatic rings. The van der Waals surface area contributed by atoms with Crippen LogP contribution in [0.1, 0.15) is 34.9 Å². The molecule has 6 heteroatoms. The van der Waals surface area contributed by atoms with E-state index in [1.54, 1.807) is 23.0 Å². The molecule has 1 unspecified atom stereocenters. The zero-order valence-corrected chi connectivity index (χ0v) is 16.1. The molecule has 1 aliphatic rings. The summed E-state index contributed by atoms with van der Waals surface area (Å²) in [7, 11) is 0. The van der Waals surface area contributed by atoms with E-state index in [-0.39, 0.29) is 11.4 Å². The molecule has 0 saturated carbocycles. The van der Waals surface area contributed by atoms with E-state index in [0.717, 1.165) is 17.7 Å². The van der Waals surface area contributed by atoms with E-state index < -0.39 is 5.92 Å². The molecular weight excluding hydrogens is 366 g/mol. The number of ether oxygens (including phenoxy) is 1. The van der Waals surface area contributed by atoms with Gasteiger partial charge in [0, 0.05) is 17.7 Å². The predicted octanol–water partition coefficient (Wildman–Crippen LogP) is 3.60. The quantitative estimate of drug-likeness (QED) is 0.722. The molecule has 0 spiro atoms. The van der Waals surface area contributed by atoms with E-state index in [4.69, 9.17) is 14.9 Å².